The summed E-state index contributed by atoms with van der Waals surface area (Å²) in [6.45, 7) is 2.27. The van der Waals surface area contributed by atoms with Crippen LogP contribution in [0, 0.1) is 0 Å². The standard InChI is InChI=1S/C17H18BrN/c1-12(13-7-9-19-10-8-13)17(18)16-6-5-14-3-2-4-15(14)11-16/h5-12,17H,2-4H2,1H3. The first kappa shape index (κ1) is 12.9. The molecule has 0 spiro atoms. The first-order valence-electron chi connectivity index (χ1n) is 6.91. The van der Waals surface area contributed by atoms with Crippen LogP contribution in [0.5, 0.6) is 0 Å². The number of aryl methyl sites for hydroxylation is 2. The van der Waals surface area contributed by atoms with Gasteiger partial charge in [0.25, 0.3) is 0 Å². The molecule has 0 radical (unpaired) electrons. The minimum atomic E-state index is 0.362. The van der Waals surface area contributed by atoms with E-state index in [0.29, 0.717) is 10.7 Å². The zero-order valence-corrected chi connectivity index (χ0v) is 12.7. The number of aromatic nitrogens is 1. The quantitative estimate of drug-likeness (QED) is 0.741. The van der Waals surface area contributed by atoms with Gasteiger partial charge in [-0.1, -0.05) is 41.1 Å². The summed E-state index contributed by atoms with van der Waals surface area (Å²) in [6.07, 6.45) is 7.54. The van der Waals surface area contributed by atoms with Crippen molar-refractivity contribution >= 4 is 15.9 Å². The Balaban J connectivity index is 1.86. The Morgan fingerprint density at radius 3 is 2.53 bits per heavy atom. The van der Waals surface area contributed by atoms with Crippen molar-refractivity contribution in [2.45, 2.75) is 36.9 Å². The zero-order valence-electron chi connectivity index (χ0n) is 11.1. The molecule has 2 aromatic rings. The largest absolute Gasteiger partial charge is 0.265 e. The first-order valence-corrected chi connectivity index (χ1v) is 7.83. The van der Waals surface area contributed by atoms with Crippen LogP contribution in [0.3, 0.4) is 0 Å². The van der Waals surface area contributed by atoms with Crippen LogP contribution in [0.4, 0.5) is 0 Å². The Kier molecular flexibility index (Phi) is 3.69. The van der Waals surface area contributed by atoms with Crippen molar-refractivity contribution in [1.82, 2.24) is 4.98 Å². The number of benzene rings is 1. The highest BCUT2D eigenvalue weighted by Gasteiger charge is 2.20. The highest BCUT2D eigenvalue weighted by atomic mass is 79.9. The van der Waals surface area contributed by atoms with Gasteiger partial charge in [0.1, 0.15) is 0 Å². The lowest BCUT2D eigenvalue weighted by molar-refractivity contribution is 0.749. The molecule has 2 atom stereocenters. The Morgan fingerprint density at radius 1 is 1.00 bits per heavy atom. The predicted molar refractivity (Wildman–Crippen MR) is 82.8 cm³/mol. The lowest BCUT2D eigenvalue weighted by Gasteiger charge is -2.20. The van der Waals surface area contributed by atoms with E-state index >= 15 is 0 Å². The van der Waals surface area contributed by atoms with E-state index in [1.807, 2.05) is 12.4 Å². The SMILES string of the molecule is CC(c1ccncc1)C(Br)c1ccc2c(c1)CCC2. The van der Waals surface area contributed by atoms with E-state index < -0.39 is 0 Å². The number of pyridine rings is 1. The summed E-state index contributed by atoms with van der Waals surface area (Å²) in [5.74, 6) is 0.447. The van der Waals surface area contributed by atoms with E-state index in [9.17, 15) is 0 Å². The number of hydrogen-bond donors (Lipinski definition) is 0. The molecule has 1 nitrogen and oxygen atoms in total. The Morgan fingerprint density at radius 2 is 1.74 bits per heavy atom. The Hall–Kier alpha value is -1.15. The molecule has 98 valence electrons. The number of alkyl halides is 1. The van der Waals surface area contributed by atoms with Gasteiger partial charge < -0.3 is 0 Å². The van der Waals surface area contributed by atoms with E-state index in [1.54, 1.807) is 11.1 Å². The van der Waals surface area contributed by atoms with Crippen LogP contribution in [0.25, 0.3) is 0 Å². The fraction of sp³-hybridized carbons (Fsp3) is 0.353. The van der Waals surface area contributed by atoms with Crippen molar-refractivity contribution in [3.63, 3.8) is 0 Å². The van der Waals surface area contributed by atoms with Crippen LogP contribution in [-0.2, 0) is 12.8 Å². The summed E-state index contributed by atoms with van der Waals surface area (Å²) in [4.78, 5) is 4.45. The topological polar surface area (TPSA) is 12.9 Å². The van der Waals surface area contributed by atoms with Gasteiger partial charge in [-0.05, 0) is 59.6 Å². The highest BCUT2D eigenvalue weighted by Crippen LogP contribution is 2.38. The van der Waals surface area contributed by atoms with Crippen LogP contribution in [0.1, 0.15) is 46.3 Å². The molecule has 2 heteroatoms. The molecule has 0 aliphatic heterocycles. The van der Waals surface area contributed by atoms with Crippen molar-refractivity contribution in [3.05, 3.63) is 65.0 Å². The summed E-state index contributed by atoms with van der Waals surface area (Å²) in [7, 11) is 0. The second-order valence-electron chi connectivity index (χ2n) is 5.35. The molecule has 0 saturated carbocycles. The molecule has 1 heterocycles. The monoisotopic (exact) mass is 315 g/mol. The Labute approximate surface area is 123 Å². The van der Waals surface area contributed by atoms with E-state index in [0.717, 1.165) is 0 Å². The first-order chi connectivity index (χ1) is 9.25. The number of nitrogens with zero attached hydrogens (tertiary/aromatic N) is 1. The van der Waals surface area contributed by atoms with E-state index in [-0.39, 0.29) is 0 Å². The highest BCUT2D eigenvalue weighted by molar-refractivity contribution is 9.09. The zero-order chi connectivity index (χ0) is 13.2. The normalized spacial score (nSPS) is 16.9. The number of fused-ring (bicyclic) bond motifs is 1. The van der Waals surface area contributed by atoms with Crippen LogP contribution >= 0.6 is 15.9 Å². The van der Waals surface area contributed by atoms with Gasteiger partial charge in [0, 0.05) is 17.2 Å². The predicted octanol–water partition coefficient (Wildman–Crippen LogP) is 4.81. The minimum absolute atomic E-state index is 0.362. The summed E-state index contributed by atoms with van der Waals surface area (Å²) < 4.78 is 0. The summed E-state index contributed by atoms with van der Waals surface area (Å²) in [5.41, 5.74) is 5.81. The molecule has 0 bridgehead atoms. The second-order valence-corrected chi connectivity index (χ2v) is 6.34. The minimum Gasteiger partial charge on any atom is -0.265 e. The molecule has 0 saturated heterocycles. The molecule has 1 aliphatic rings. The van der Waals surface area contributed by atoms with Gasteiger partial charge in [0.15, 0.2) is 0 Å². The maximum Gasteiger partial charge on any atom is 0.0461 e. The van der Waals surface area contributed by atoms with Crippen LogP contribution < -0.4 is 0 Å². The third-order valence-electron chi connectivity index (χ3n) is 4.11. The van der Waals surface area contributed by atoms with Crippen LogP contribution in [-0.4, -0.2) is 4.98 Å². The lowest BCUT2D eigenvalue weighted by atomic mass is 9.93. The molecule has 1 aromatic carbocycles. The summed E-state index contributed by atoms with van der Waals surface area (Å²) in [6, 6.07) is 11.2. The molecule has 1 aromatic heterocycles. The molecule has 19 heavy (non-hydrogen) atoms. The smallest absolute Gasteiger partial charge is 0.0461 e. The summed E-state index contributed by atoms with van der Waals surface area (Å²) >= 11 is 3.88. The molecule has 2 unspecified atom stereocenters. The van der Waals surface area contributed by atoms with Crippen LogP contribution in [0.15, 0.2) is 42.7 Å². The van der Waals surface area contributed by atoms with Crippen LogP contribution in [0.2, 0.25) is 0 Å². The van der Waals surface area contributed by atoms with Crippen molar-refractivity contribution < 1.29 is 0 Å². The third-order valence-corrected chi connectivity index (χ3v) is 5.43. The van der Waals surface area contributed by atoms with Gasteiger partial charge >= 0.3 is 0 Å². The van der Waals surface area contributed by atoms with Crippen molar-refractivity contribution in [2.75, 3.05) is 0 Å². The van der Waals surface area contributed by atoms with E-state index in [2.05, 4.69) is 58.2 Å². The average Bonchev–Trinajstić information content (AvgIpc) is 2.94. The molecule has 0 N–H and O–H groups in total. The molecule has 3 rings (SSSR count). The number of hydrogen-bond acceptors (Lipinski definition) is 1. The average molecular weight is 316 g/mol. The third kappa shape index (κ3) is 2.59. The van der Waals surface area contributed by atoms with Gasteiger partial charge in [-0.3, -0.25) is 4.98 Å². The molecule has 0 fully saturated rings. The van der Waals surface area contributed by atoms with Crippen molar-refractivity contribution in [2.24, 2.45) is 0 Å². The van der Waals surface area contributed by atoms with Gasteiger partial charge in [-0.15, -0.1) is 0 Å². The van der Waals surface area contributed by atoms with Crippen molar-refractivity contribution in [1.29, 1.82) is 0 Å². The van der Waals surface area contributed by atoms with E-state index in [1.165, 1.54) is 30.4 Å². The molecular formula is C17H18BrN. The van der Waals surface area contributed by atoms with Gasteiger partial charge in [-0.2, -0.15) is 0 Å². The maximum absolute atomic E-state index is 4.09. The van der Waals surface area contributed by atoms with Gasteiger partial charge in [0.2, 0.25) is 0 Å². The fourth-order valence-electron chi connectivity index (χ4n) is 2.89. The maximum atomic E-state index is 4.09. The van der Waals surface area contributed by atoms with E-state index in [4.69, 9.17) is 0 Å². The molecular weight excluding hydrogens is 298 g/mol. The Bertz CT molecular complexity index is 565. The van der Waals surface area contributed by atoms with Gasteiger partial charge in [-0.25, -0.2) is 0 Å². The van der Waals surface area contributed by atoms with Gasteiger partial charge in [0.05, 0.1) is 0 Å². The molecule has 1 aliphatic carbocycles. The fourth-order valence-corrected chi connectivity index (χ4v) is 3.48. The van der Waals surface area contributed by atoms with Crippen molar-refractivity contribution in [3.8, 4) is 0 Å². The lowest BCUT2D eigenvalue weighted by Crippen LogP contribution is -2.03. The second kappa shape index (κ2) is 5.46. The molecule has 0 amide bonds. The summed E-state index contributed by atoms with van der Waals surface area (Å²) in [5, 5.41) is 0. The number of halogens is 1. The number of rotatable bonds is 3.